The minimum Gasteiger partial charge on any atom is -0.477 e. The van der Waals surface area contributed by atoms with Crippen molar-refractivity contribution >= 4 is 17.5 Å². The average Bonchev–Trinajstić information content (AvgIpc) is 2.97. The molecule has 6 rings (SSSR count). The molecule has 0 spiro atoms. The van der Waals surface area contributed by atoms with Crippen LogP contribution in [-0.2, 0) is 17.8 Å². The Hall–Kier alpha value is -4.24. The van der Waals surface area contributed by atoms with Gasteiger partial charge in [0.2, 0.25) is 17.7 Å². The number of nitrogens with zero attached hydrogens (tertiary/aromatic N) is 5. The van der Waals surface area contributed by atoms with E-state index >= 15 is 0 Å². The molecule has 0 unspecified atom stereocenters. The number of anilines is 3. The lowest BCUT2D eigenvalue weighted by Crippen LogP contribution is -2.45. The van der Waals surface area contributed by atoms with Crippen molar-refractivity contribution in [3.05, 3.63) is 78.0 Å². The van der Waals surface area contributed by atoms with Gasteiger partial charge in [-0.1, -0.05) is 30.3 Å². The SMILES string of the molecule is C[C@H]1COCCN1c1nc(-c2ccc(Nc3nccc(OCc4ccccc4)n3)cc2)nc2c1CCCO2. The maximum absolute atomic E-state index is 5.96. The number of hydrogen-bond acceptors (Lipinski definition) is 9. The first-order valence-electron chi connectivity index (χ1n) is 13.0. The number of morpholine rings is 1. The second-order valence-corrected chi connectivity index (χ2v) is 9.42. The molecule has 38 heavy (non-hydrogen) atoms. The molecule has 4 heterocycles. The molecule has 4 aromatic rings. The molecule has 0 aliphatic carbocycles. The normalized spacial score (nSPS) is 16.9. The van der Waals surface area contributed by atoms with Gasteiger partial charge >= 0.3 is 0 Å². The van der Waals surface area contributed by atoms with Crippen molar-refractivity contribution in [2.45, 2.75) is 32.4 Å². The van der Waals surface area contributed by atoms with Crippen LogP contribution in [0.5, 0.6) is 11.8 Å². The van der Waals surface area contributed by atoms with Gasteiger partial charge in [0.25, 0.3) is 0 Å². The topological polar surface area (TPSA) is 94.5 Å². The Bertz CT molecular complexity index is 1380. The lowest BCUT2D eigenvalue weighted by molar-refractivity contribution is 0.0983. The summed E-state index contributed by atoms with van der Waals surface area (Å²) in [5, 5.41) is 3.25. The van der Waals surface area contributed by atoms with Crippen molar-refractivity contribution in [2.24, 2.45) is 0 Å². The van der Waals surface area contributed by atoms with E-state index in [2.05, 4.69) is 27.1 Å². The van der Waals surface area contributed by atoms with Gasteiger partial charge in [0, 0.05) is 30.1 Å². The highest BCUT2D eigenvalue weighted by Crippen LogP contribution is 2.35. The van der Waals surface area contributed by atoms with Crippen LogP contribution >= 0.6 is 0 Å². The lowest BCUT2D eigenvalue weighted by atomic mass is 10.1. The van der Waals surface area contributed by atoms with Crippen LogP contribution in [0.4, 0.5) is 17.5 Å². The monoisotopic (exact) mass is 510 g/mol. The molecule has 9 nitrogen and oxygen atoms in total. The van der Waals surface area contributed by atoms with Crippen LogP contribution in [0.25, 0.3) is 11.4 Å². The van der Waals surface area contributed by atoms with Crippen LogP contribution in [0.15, 0.2) is 66.9 Å². The summed E-state index contributed by atoms with van der Waals surface area (Å²) in [6.45, 7) is 5.48. The summed E-state index contributed by atoms with van der Waals surface area (Å²) in [5.41, 5.74) is 3.94. The van der Waals surface area contributed by atoms with E-state index in [0.717, 1.165) is 47.6 Å². The molecule has 0 amide bonds. The van der Waals surface area contributed by atoms with E-state index in [1.807, 2.05) is 54.6 Å². The highest BCUT2D eigenvalue weighted by Gasteiger charge is 2.28. The molecular weight excluding hydrogens is 480 g/mol. The zero-order valence-electron chi connectivity index (χ0n) is 21.3. The summed E-state index contributed by atoms with van der Waals surface area (Å²) in [4.78, 5) is 20.9. The van der Waals surface area contributed by atoms with Crippen molar-refractivity contribution in [3.63, 3.8) is 0 Å². The smallest absolute Gasteiger partial charge is 0.230 e. The molecule has 0 bridgehead atoms. The summed E-state index contributed by atoms with van der Waals surface area (Å²) in [6.07, 6.45) is 3.58. The molecule has 1 saturated heterocycles. The van der Waals surface area contributed by atoms with Crippen molar-refractivity contribution in [2.75, 3.05) is 36.6 Å². The van der Waals surface area contributed by atoms with E-state index in [0.29, 0.717) is 50.0 Å². The fourth-order valence-corrected chi connectivity index (χ4v) is 4.66. The van der Waals surface area contributed by atoms with E-state index < -0.39 is 0 Å². The first-order valence-corrected chi connectivity index (χ1v) is 13.0. The Balaban J connectivity index is 1.19. The zero-order chi connectivity index (χ0) is 25.7. The minimum atomic E-state index is 0.247. The lowest BCUT2D eigenvalue weighted by Gasteiger charge is -2.36. The average molecular weight is 511 g/mol. The van der Waals surface area contributed by atoms with Gasteiger partial charge in [-0.05, 0) is 49.6 Å². The molecule has 2 aliphatic heterocycles. The highest BCUT2D eigenvalue weighted by molar-refractivity contribution is 5.66. The van der Waals surface area contributed by atoms with Crippen LogP contribution < -0.4 is 19.7 Å². The summed E-state index contributed by atoms with van der Waals surface area (Å²) in [6, 6.07) is 19.9. The molecule has 194 valence electrons. The molecule has 1 fully saturated rings. The maximum atomic E-state index is 5.96. The Morgan fingerprint density at radius 3 is 2.71 bits per heavy atom. The van der Waals surface area contributed by atoms with Gasteiger partial charge in [0.15, 0.2) is 5.82 Å². The number of fused-ring (bicyclic) bond motifs is 1. The van der Waals surface area contributed by atoms with Gasteiger partial charge < -0.3 is 24.4 Å². The van der Waals surface area contributed by atoms with E-state index in [4.69, 9.17) is 24.2 Å². The first-order chi connectivity index (χ1) is 18.7. The molecule has 2 aromatic carbocycles. The summed E-state index contributed by atoms with van der Waals surface area (Å²) < 4.78 is 17.4. The van der Waals surface area contributed by atoms with Crippen LogP contribution in [0, 0.1) is 0 Å². The third kappa shape index (κ3) is 5.38. The number of benzene rings is 2. The largest absolute Gasteiger partial charge is 0.477 e. The predicted octanol–water partition coefficient (Wildman–Crippen LogP) is 4.81. The summed E-state index contributed by atoms with van der Waals surface area (Å²) in [7, 11) is 0. The Kier molecular flexibility index (Phi) is 6.99. The van der Waals surface area contributed by atoms with Gasteiger partial charge in [-0.3, -0.25) is 0 Å². The van der Waals surface area contributed by atoms with Crippen LogP contribution in [0.3, 0.4) is 0 Å². The third-order valence-electron chi connectivity index (χ3n) is 6.66. The first kappa shape index (κ1) is 24.1. The molecule has 2 aromatic heterocycles. The van der Waals surface area contributed by atoms with Gasteiger partial charge in [-0.2, -0.15) is 9.97 Å². The fourth-order valence-electron chi connectivity index (χ4n) is 4.66. The Morgan fingerprint density at radius 2 is 1.87 bits per heavy atom. The molecule has 2 aliphatic rings. The number of nitrogens with one attached hydrogen (secondary N) is 1. The van der Waals surface area contributed by atoms with Gasteiger partial charge in [-0.15, -0.1) is 0 Å². The van der Waals surface area contributed by atoms with E-state index in [-0.39, 0.29) is 6.04 Å². The van der Waals surface area contributed by atoms with Crippen LogP contribution in [-0.4, -0.2) is 52.3 Å². The molecule has 0 radical (unpaired) electrons. The number of ether oxygens (including phenoxy) is 3. The molecule has 9 heteroatoms. The summed E-state index contributed by atoms with van der Waals surface area (Å²) in [5.74, 6) is 3.28. The molecule has 1 atom stereocenters. The van der Waals surface area contributed by atoms with Crippen molar-refractivity contribution in [1.82, 2.24) is 19.9 Å². The number of aromatic nitrogens is 4. The Morgan fingerprint density at radius 1 is 1.00 bits per heavy atom. The van der Waals surface area contributed by atoms with E-state index in [1.165, 1.54) is 0 Å². The second kappa shape index (κ2) is 11.0. The van der Waals surface area contributed by atoms with Crippen molar-refractivity contribution < 1.29 is 14.2 Å². The van der Waals surface area contributed by atoms with Crippen LogP contribution in [0.1, 0.15) is 24.5 Å². The van der Waals surface area contributed by atoms with Crippen molar-refractivity contribution in [3.8, 4) is 23.1 Å². The predicted molar refractivity (Wildman–Crippen MR) is 145 cm³/mol. The summed E-state index contributed by atoms with van der Waals surface area (Å²) >= 11 is 0. The fraction of sp³-hybridized carbons (Fsp3) is 0.310. The highest BCUT2D eigenvalue weighted by atomic mass is 16.5. The van der Waals surface area contributed by atoms with Gasteiger partial charge in [0.1, 0.15) is 12.4 Å². The van der Waals surface area contributed by atoms with E-state index in [9.17, 15) is 0 Å². The molecule has 0 saturated carbocycles. The minimum absolute atomic E-state index is 0.247. The third-order valence-corrected chi connectivity index (χ3v) is 6.66. The molecule has 1 N–H and O–H groups in total. The van der Waals surface area contributed by atoms with E-state index in [1.54, 1.807) is 12.3 Å². The van der Waals surface area contributed by atoms with Crippen molar-refractivity contribution in [1.29, 1.82) is 0 Å². The molecular formula is C29H30N6O3. The van der Waals surface area contributed by atoms with Gasteiger partial charge in [0.05, 0.1) is 31.4 Å². The Labute approximate surface area is 221 Å². The number of rotatable bonds is 7. The quantitative estimate of drug-likeness (QED) is 0.376. The van der Waals surface area contributed by atoms with Crippen LogP contribution in [0.2, 0.25) is 0 Å². The van der Waals surface area contributed by atoms with Gasteiger partial charge in [-0.25, -0.2) is 9.97 Å². The maximum Gasteiger partial charge on any atom is 0.230 e. The zero-order valence-corrected chi connectivity index (χ0v) is 21.3. The standard InChI is InChI=1S/C29H30N6O3/c1-20-18-36-17-15-35(20)27-24-8-5-16-37-28(24)34-26(33-27)22-9-11-23(12-10-22)31-29-30-14-13-25(32-29)38-19-21-6-3-2-4-7-21/h2-4,6-7,9-14,20H,5,8,15-19H2,1H3,(H,30,31,32)/t20-/m0/s1. The number of hydrogen-bond donors (Lipinski definition) is 1. The second-order valence-electron chi connectivity index (χ2n) is 9.42.